The average Bonchev–Trinajstić information content (AvgIpc) is 3.23. The highest BCUT2D eigenvalue weighted by Gasteiger charge is 2.30. The third kappa shape index (κ3) is 4.85. The number of benzene rings is 2. The largest absolute Gasteiger partial charge is 0.343 e. The van der Waals surface area contributed by atoms with Crippen LogP contribution in [0.15, 0.2) is 52.3 Å². The van der Waals surface area contributed by atoms with E-state index in [0.29, 0.717) is 16.3 Å². The first kappa shape index (κ1) is 21.6. The van der Waals surface area contributed by atoms with E-state index in [9.17, 15) is 22.4 Å². The Morgan fingerprint density at radius 1 is 1.19 bits per heavy atom. The first-order valence-electron chi connectivity index (χ1n) is 9.96. The van der Waals surface area contributed by atoms with Crippen LogP contribution in [0.25, 0.3) is 0 Å². The van der Waals surface area contributed by atoms with Gasteiger partial charge in [-0.05, 0) is 43.2 Å². The molecule has 0 unspecified atom stereocenters. The summed E-state index contributed by atoms with van der Waals surface area (Å²) in [5.41, 5.74) is 0.207. The summed E-state index contributed by atoms with van der Waals surface area (Å²) in [6, 6.07) is 9.86. The van der Waals surface area contributed by atoms with Gasteiger partial charge in [-0.15, -0.1) is 11.8 Å². The molecule has 1 fully saturated rings. The Morgan fingerprint density at radius 2 is 1.94 bits per heavy atom. The second-order valence-corrected chi connectivity index (χ2v) is 10.3. The van der Waals surface area contributed by atoms with Crippen molar-refractivity contribution in [3.63, 3.8) is 0 Å². The van der Waals surface area contributed by atoms with Gasteiger partial charge in [0.05, 0.1) is 22.2 Å². The Balaban J connectivity index is 1.50. The SMILES string of the molecule is O=C1Nc2cc(S(=O)(=O)Nc3ccccc3F)ccc2SC[C@@H]1CC(=O)N1CCCC1. The van der Waals surface area contributed by atoms with Crippen molar-refractivity contribution < 1.29 is 22.4 Å². The van der Waals surface area contributed by atoms with Crippen molar-refractivity contribution in [2.45, 2.75) is 29.1 Å². The van der Waals surface area contributed by atoms with Gasteiger partial charge in [0.2, 0.25) is 11.8 Å². The van der Waals surface area contributed by atoms with E-state index in [1.54, 1.807) is 11.0 Å². The Morgan fingerprint density at radius 3 is 2.68 bits per heavy atom. The lowest BCUT2D eigenvalue weighted by molar-refractivity contribution is -0.133. The third-order valence-corrected chi connectivity index (χ3v) is 7.93. The maximum Gasteiger partial charge on any atom is 0.262 e. The van der Waals surface area contributed by atoms with Gasteiger partial charge in [-0.2, -0.15) is 0 Å². The van der Waals surface area contributed by atoms with E-state index in [1.807, 2.05) is 0 Å². The van der Waals surface area contributed by atoms with Crippen LogP contribution >= 0.6 is 11.8 Å². The second-order valence-electron chi connectivity index (χ2n) is 7.53. The van der Waals surface area contributed by atoms with Gasteiger partial charge >= 0.3 is 0 Å². The zero-order valence-corrected chi connectivity index (χ0v) is 18.3. The van der Waals surface area contributed by atoms with E-state index >= 15 is 0 Å². The van der Waals surface area contributed by atoms with Crippen molar-refractivity contribution in [2.75, 3.05) is 28.9 Å². The van der Waals surface area contributed by atoms with E-state index in [-0.39, 0.29) is 28.8 Å². The molecule has 2 aliphatic heterocycles. The van der Waals surface area contributed by atoms with Crippen LogP contribution in [0.1, 0.15) is 19.3 Å². The minimum Gasteiger partial charge on any atom is -0.343 e. The van der Waals surface area contributed by atoms with E-state index < -0.39 is 21.8 Å². The molecule has 0 saturated carbocycles. The summed E-state index contributed by atoms with van der Waals surface area (Å²) in [4.78, 5) is 27.6. The van der Waals surface area contributed by atoms with Crippen LogP contribution in [0.5, 0.6) is 0 Å². The van der Waals surface area contributed by atoms with Crippen molar-refractivity contribution in [1.29, 1.82) is 0 Å². The van der Waals surface area contributed by atoms with Crippen molar-refractivity contribution in [1.82, 2.24) is 4.90 Å². The average molecular weight is 464 g/mol. The Hall–Kier alpha value is -2.59. The number of fused-ring (bicyclic) bond motifs is 1. The molecule has 10 heteroatoms. The highest BCUT2D eigenvalue weighted by Crippen LogP contribution is 2.35. The zero-order chi connectivity index (χ0) is 22.0. The summed E-state index contributed by atoms with van der Waals surface area (Å²) < 4.78 is 41.5. The molecule has 7 nitrogen and oxygen atoms in total. The van der Waals surface area contributed by atoms with Crippen LogP contribution in [0, 0.1) is 11.7 Å². The molecular formula is C21H22FN3O4S2. The Bertz CT molecular complexity index is 1120. The molecule has 164 valence electrons. The molecule has 0 radical (unpaired) electrons. The molecule has 2 heterocycles. The minimum atomic E-state index is -4.05. The van der Waals surface area contributed by atoms with Gasteiger partial charge in [-0.1, -0.05) is 12.1 Å². The molecule has 1 atom stereocenters. The van der Waals surface area contributed by atoms with Crippen LogP contribution in [0.4, 0.5) is 15.8 Å². The third-order valence-electron chi connectivity index (χ3n) is 5.33. The summed E-state index contributed by atoms with van der Waals surface area (Å²) in [6.45, 7) is 1.47. The quantitative estimate of drug-likeness (QED) is 0.710. The summed E-state index contributed by atoms with van der Waals surface area (Å²) in [7, 11) is -4.05. The van der Waals surface area contributed by atoms with E-state index in [0.717, 1.165) is 32.0 Å². The number of rotatable bonds is 5. The predicted molar refractivity (Wildman–Crippen MR) is 117 cm³/mol. The molecule has 31 heavy (non-hydrogen) atoms. The monoisotopic (exact) mass is 463 g/mol. The highest BCUT2D eigenvalue weighted by atomic mass is 32.2. The molecule has 1 saturated heterocycles. The summed E-state index contributed by atoms with van der Waals surface area (Å²) in [6.07, 6.45) is 2.11. The molecule has 2 aromatic rings. The molecule has 0 spiro atoms. The number of thioether (sulfide) groups is 1. The number of anilines is 2. The first-order chi connectivity index (χ1) is 14.8. The number of para-hydroxylation sites is 1. The van der Waals surface area contributed by atoms with Crippen molar-refractivity contribution >= 4 is 45.0 Å². The first-order valence-corrected chi connectivity index (χ1v) is 12.4. The molecular weight excluding hydrogens is 441 g/mol. The topological polar surface area (TPSA) is 95.6 Å². The van der Waals surface area contributed by atoms with E-state index in [2.05, 4.69) is 10.0 Å². The molecule has 0 bridgehead atoms. The molecule has 2 aliphatic rings. The Labute approximate surface area is 184 Å². The van der Waals surface area contributed by atoms with Gasteiger partial charge < -0.3 is 10.2 Å². The van der Waals surface area contributed by atoms with Crippen molar-refractivity contribution in [2.24, 2.45) is 5.92 Å². The fourth-order valence-corrected chi connectivity index (χ4v) is 5.78. The van der Waals surface area contributed by atoms with Gasteiger partial charge in [0, 0.05) is 30.2 Å². The van der Waals surface area contributed by atoms with Gasteiger partial charge in [-0.25, -0.2) is 12.8 Å². The summed E-state index contributed by atoms with van der Waals surface area (Å²) in [5, 5.41) is 2.76. The summed E-state index contributed by atoms with van der Waals surface area (Å²) >= 11 is 1.40. The molecule has 2 aromatic carbocycles. The van der Waals surface area contributed by atoms with Crippen LogP contribution < -0.4 is 10.0 Å². The molecule has 0 aliphatic carbocycles. The fourth-order valence-electron chi connectivity index (χ4n) is 3.61. The molecule has 2 amide bonds. The molecule has 0 aromatic heterocycles. The normalized spacial score (nSPS) is 18.8. The van der Waals surface area contributed by atoms with E-state index in [4.69, 9.17) is 0 Å². The Kier molecular flexibility index (Phi) is 6.19. The number of likely N-dealkylation sites (tertiary alicyclic amines) is 1. The lowest BCUT2D eigenvalue weighted by Gasteiger charge is -2.18. The number of nitrogens with zero attached hydrogens (tertiary/aromatic N) is 1. The zero-order valence-electron chi connectivity index (χ0n) is 16.6. The van der Waals surface area contributed by atoms with Crippen LogP contribution in [-0.4, -0.2) is 44.0 Å². The molecule has 4 rings (SSSR count). The van der Waals surface area contributed by atoms with Crippen LogP contribution in [0.2, 0.25) is 0 Å². The minimum absolute atomic E-state index is 0.0263. The van der Waals surface area contributed by atoms with Crippen molar-refractivity contribution in [3.8, 4) is 0 Å². The number of hydrogen-bond donors (Lipinski definition) is 2. The predicted octanol–water partition coefficient (Wildman–Crippen LogP) is 3.30. The maximum absolute atomic E-state index is 13.9. The number of carbonyl (C=O) groups is 2. The second kappa shape index (κ2) is 8.88. The van der Waals surface area contributed by atoms with E-state index in [1.165, 1.54) is 42.1 Å². The lowest BCUT2D eigenvalue weighted by atomic mass is 10.1. The maximum atomic E-state index is 13.9. The van der Waals surface area contributed by atoms with Gasteiger partial charge in [0.1, 0.15) is 5.82 Å². The highest BCUT2D eigenvalue weighted by molar-refractivity contribution is 7.99. The number of hydrogen-bond acceptors (Lipinski definition) is 5. The van der Waals surface area contributed by atoms with Crippen molar-refractivity contribution in [3.05, 3.63) is 48.3 Å². The lowest BCUT2D eigenvalue weighted by Crippen LogP contribution is -2.33. The standard InChI is InChI=1S/C21H22FN3O4S2/c22-16-5-1-2-6-17(16)24-31(28,29)15-7-8-19-18(12-15)23-21(27)14(13-30-19)11-20(26)25-9-3-4-10-25/h1-2,5-8,12,14,24H,3-4,9-11,13H2,(H,23,27)/t14-/m0/s1. The number of sulfonamides is 1. The van der Waals surface area contributed by atoms with Gasteiger partial charge in [-0.3, -0.25) is 14.3 Å². The van der Waals surface area contributed by atoms with Crippen LogP contribution in [0.3, 0.4) is 0 Å². The number of nitrogens with one attached hydrogen (secondary N) is 2. The number of amides is 2. The smallest absolute Gasteiger partial charge is 0.262 e. The number of halogens is 1. The van der Waals surface area contributed by atoms with Gasteiger partial charge in [0.25, 0.3) is 10.0 Å². The number of carbonyl (C=O) groups excluding carboxylic acids is 2. The van der Waals surface area contributed by atoms with Crippen LogP contribution in [-0.2, 0) is 19.6 Å². The van der Waals surface area contributed by atoms with Gasteiger partial charge in [0.15, 0.2) is 0 Å². The summed E-state index contributed by atoms with van der Waals surface area (Å²) in [5.74, 6) is -1.09. The fraction of sp³-hybridized carbons (Fsp3) is 0.333. The molecule has 2 N–H and O–H groups in total.